The molecule has 1 unspecified atom stereocenters. The van der Waals surface area contributed by atoms with Gasteiger partial charge in [-0.05, 0) is 72.5 Å². The summed E-state index contributed by atoms with van der Waals surface area (Å²) in [4.78, 5) is 0. The molecule has 5 aliphatic rings. The summed E-state index contributed by atoms with van der Waals surface area (Å²) in [5.74, 6) is 2.95. The van der Waals surface area contributed by atoms with Gasteiger partial charge >= 0.3 is 0 Å². The highest BCUT2D eigenvalue weighted by Gasteiger charge is 2.69. The van der Waals surface area contributed by atoms with Crippen molar-refractivity contribution in [3.05, 3.63) is 41.1 Å². The van der Waals surface area contributed by atoms with Gasteiger partial charge in [-0.3, -0.25) is 0 Å². The van der Waals surface area contributed by atoms with Crippen LogP contribution in [-0.4, -0.2) is 36.7 Å². The van der Waals surface area contributed by atoms with Crippen LogP contribution in [0.25, 0.3) is 5.20 Å². The van der Waals surface area contributed by atoms with E-state index in [9.17, 15) is 0 Å². The zero-order chi connectivity index (χ0) is 24.0. The molecule has 0 aromatic heterocycles. The molecular formula is C28H48OSi4. The number of hydrogen-bond acceptors (Lipinski definition) is 1. The maximum atomic E-state index is 8.09. The summed E-state index contributed by atoms with van der Waals surface area (Å²) < 4.78 is 8.09. The molecular weight excluding hydrogens is 465 g/mol. The molecule has 6 rings (SSSR count). The molecule has 1 nitrogen and oxygen atoms in total. The second-order valence-corrected chi connectivity index (χ2v) is 46.2. The van der Waals surface area contributed by atoms with Crippen molar-refractivity contribution in [2.24, 2.45) is 23.2 Å². The predicted octanol–water partition coefficient (Wildman–Crippen LogP) is 8.25. The molecule has 0 radical (unpaired) electrons. The van der Waals surface area contributed by atoms with Crippen molar-refractivity contribution in [3.63, 3.8) is 0 Å². The third-order valence-corrected chi connectivity index (χ3v) is 46.6. The minimum absolute atomic E-state index is 0.429. The first-order chi connectivity index (χ1) is 15.2. The topological polar surface area (TPSA) is 9.23 Å². The van der Waals surface area contributed by atoms with Crippen LogP contribution in [0.3, 0.4) is 0 Å². The maximum absolute atomic E-state index is 8.09. The molecule has 4 aliphatic carbocycles. The fourth-order valence-corrected chi connectivity index (χ4v) is 56.5. The molecule has 0 spiro atoms. The maximum Gasteiger partial charge on any atom is 0.197 e. The van der Waals surface area contributed by atoms with Crippen LogP contribution in [0.4, 0.5) is 0 Å². The summed E-state index contributed by atoms with van der Waals surface area (Å²) in [5.41, 5.74) is 1.98. The van der Waals surface area contributed by atoms with Gasteiger partial charge < -0.3 is 4.43 Å². The first kappa shape index (κ1) is 24.5. The molecule has 0 saturated heterocycles. The normalized spacial score (nSPS) is 36.0. The largest absolute Gasteiger partial charge is 0.411 e. The molecule has 1 aromatic rings. The van der Waals surface area contributed by atoms with Gasteiger partial charge in [-0.1, -0.05) is 94.5 Å². The highest BCUT2D eigenvalue weighted by atomic mass is 29.7. The fourth-order valence-electron chi connectivity index (χ4n) is 9.51. The molecule has 1 heterocycles. The molecule has 4 bridgehead atoms. The Balaban J connectivity index is 1.80. The Labute approximate surface area is 207 Å². The molecule has 0 amide bonds. The average Bonchev–Trinajstić information content (AvgIpc) is 3.06. The molecule has 1 atom stereocenters. The van der Waals surface area contributed by atoms with E-state index in [2.05, 4.69) is 89.3 Å². The molecule has 33 heavy (non-hydrogen) atoms. The summed E-state index contributed by atoms with van der Waals surface area (Å²) in [6.07, 6.45) is 9.37. The van der Waals surface area contributed by atoms with Crippen molar-refractivity contribution in [3.8, 4) is 0 Å². The lowest BCUT2D eigenvalue weighted by Gasteiger charge is -2.60. The van der Waals surface area contributed by atoms with Crippen LogP contribution in [0, 0.1) is 23.2 Å². The van der Waals surface area contributed by atoms with Gasteiger partial charge in [-0.25, -0.2) is 0 Å². The zero-order valence-corrected chi connectivity index (χ0v) is 26.8. The average molecular weight is 513 g/mol. The van der Waals surface area contributed by atoms with E-state index < -0.39 is 30.6 Å². The minimum atomic E-state index is -2.10. The Kier molecular flexibility index (Phi) is 5.67. The van der Waals surface area contributed by atoms with Crippen LogP contribution >= 0.6 is 0 Å². The van der Waals surface area contributed by atoms with Crippen molar-refractivity contribution in [1.29, 1.82) is 0 Å². The zero-order valence-electron chi connectivity index (χ0n) is 22.8. The number of rotatable bonds is 5. The standard InChI is InChI=1S/C28H48OSi4/c1-30(2,3)26-25(24-13-11-10-12-14-24)33(31(4,5)6,32(7,8)9)29-27(26)28-18-21-15-22(19-28)17-23(16-21)20-28/h10-14,21-23,27H,15-20H2,1-9H3. The Morgan fingerprint density at radius 3 is 1.58 bits per heavy atom. The lowest BCUT2D eigenvalue weighted by atomic mass is 9.48. The second-order valence-electron chi connectivity index (χ2n) is 15.4. The molecule has 4 fully saturated rings. The van der Waals surface area contributed by atoms with E-state index in [4.69, 9.17) is 4.43 Å². The fraction of sp³-hybridized carbons (Fsp3) is 0.714. The van der Waals surface area contributed by atoms with E-state index in [0.717, 1.165) is 17.8 Å². The van der Waals surface area contributed by atoms with E-state index in [0.29, 0.717) is 11.5 Å². The Bertz CT molecular complexity index is 896. The highest BCUT2D eigenvalue weighted by Crippen LogP contribution is 2.66. The Hall–Kier alpha value is -0.212. The third-order valence-electron chi connectivity index (χ3n) is 9.80. The lowest BCUT2D eigenvalue weighted by Crippen LogP contribution is -2.74. The lowest BCUT2D eigenvalue weighted by molar-refractivity contribution is -0.0971. The first-order valence-corrected chi connectivity index (χ1v) is 28.1. The van der Waals surface area contributed by atoms with Crippen molar-refractivity contribution >= 4 is 35.8 Å². The van der Waals surface area contributed by atoms with Gasteiger partial charge in [0.15, 0.2) is 7.35 Å². The van der Waals surface area contributed by atoms with Gasteiger partial charge in [0.25, 0.3) is 0 Å². The molecule has 5 heteroatoms. The van der Waals surface area contributed by atoms with E-state index in [1.807, 2.05) is 10.4 Å². The molecule has 1 aliphatic heterocycles. The van der Waals surface area contributed by atoms with Crippen LogP contribution < -0.4 is 0 Å². The summed E-state index contributed by atoms with van der Waals surface area (Å²) in [7, 11) is -6.88. The van der Waals surface area contributed by atoms with Gasteiger partial charge in [-0.2, -0.15) is 0 Å². The van der Waals surface area contributed by atoms with Crippen molar-refractivity contribution in [1.82, 2.24) is 0 Å². The van der Waals surface area contributed by atoms with Crippen LogP contribution in [0.15, 0.2) is 35.5 Å². The molecule has 4 saturated carbocycles. The van der Waals surface area contributed by atoms with Crippen LogP contribution in [0.1, 0.15) is 44.1 Å². The van der Waals surface area contributed by atoms with Crippen LogP contribution in [-0.2, 0) is 4.43 Å². The minimum Gasteiger partial charge on any atom is -0.411 e. The first-order valence-electron chi connectivity index (χ1n) is 13.7. The van der Waals surface area contributed by atoms with E-state index in [1.165, 1.54) is 38.5 Å². The van der Waals surface area contributed by atoms with Gasteiger partial charge in [-0.15, -0.1) is 0 Å². The molecule has 1 aromatic carbocycles. The number of hydrogen-bond donors (Lipinski definition) is 0. The van der Waals surface area contributed by atoms with Gasteiger partial charge in [0, 0.05) is 0 Å². The monoisotopic (exact) mass is 512 g/mol. The molecule has 0 N–H and O–H groups in total. The highest BCUT2D eigenvalue weighted by molar-refractivity contribution is 7.72. The van der Waals surface area contributed by atoms with Crippen LogP contribution in [0.5, 0.6) is 0 Å². The van der Waals surface area contributed by atoms with Crippen molar-refractivity contribution in [2.75, 3.05) is 0 Å². The van der Waals surface area contributed by atoms with E-state index >= 15 is 0 Å². The van der Waals surface area contributed by atoms with Gasteiger partial charge in [0.2, 0.25) is 0 Å². The third kappa shape index (κ3) is 3.66. The summed E-state index contributed by atoms with van der Waals surface area (Å²) in [6.45, 7) is 23.9. The second kappa shape index (κ2) is 7.64. The van der Waals surface area contributed by atoms with Crippen molar-refractivity contribution in [2.45, 2.75) is 104 Å². The quantitative estimate of drug-likeness (QED) is 0.361. The van der Waals surface area contributed by atoms with Gasteiger partial charge in [0.1, 0.15) is 0 Å². The Morgan fingerprint density at radius 1 is 0.727 bits per heavy atom. The Morgan fingerprint density at radius 2 is 1.18 bits per heavy atom. The van der Waals surface area contributed by atoms with Gasteiger partial charge in [0.05, 0.1) is 29.4 Å². The summed E-state index contributed by atoms with van der Waals surface area (Å²) in [5, 5.41) is 3.72. The van der Waals surface area contributed by atoms with Crippen molar-refractivity contribution < 1.29 is 4.43 Å². The number of benzene rings is 1. The molecule has 182 valence electrons. The van der Waals surface area contributed by atoms with Crippen LogP contribution in [0.2, 0.25) is 58.9 Å². The smallest absolute Gasteiger partial charge is 0.197 e. The summed E-state index contributed by atoms with van der Waals surface area (Å²) >= 11 is 0. The van der Waals surface area contributed by atoms with E-state index in [-0.39, 0.29) is 0 Å². The van der Waals surface area contributed by atoms with E-state index in [1.54, 1.807) is 5.56 Å². The SMILES string of the molecule is C[Si](C)(C)C1=C(c2ccccc2)[Si]([Si](C)(C)C)([Si](C)(C)C)OC1C12CC3CC(CC(C3)C1)C2. The predicted molar refractivity (Wildman–Crippen MR) is 155 cm³/mol. The summed E-state index contributed by atoms with van der Waals surface area (Å²) in [6, 6.07) is 11.7.